The maximum atomic E-state index is 13.1. The number of benzene rings is 2. The second kappa shape index (κ2) is 12.9. The van der Waals surface area contributed by atoms with E-state index in [-0.39, 0.29) is 18.4 Å². The third-order valence-corrected chi connectivity index (χ3v) is 6.44. The standard InChI is InChI=1S/C23H28Cl2N2O2S/c1-3-4-14-26-23(29)17(2)27(16-19-20(24)11-8-12-21(19)25)22(28)13-15-30-18-9-6-5-7-10-18/h5-12,17H,3-4,13-16H2,1-2H3,(H,26,29)/t17-/m0/s1. The minimum absolute atomic E-state index is 0.104. The summed E-state index contributed by atoms with van der Waals surface area (Å²) in [5, 5.41) is 3.88. The van der Waals surface area contributed by atoms with Gasteiger partial charge in [-0.2, -0.15) is 0 Å². The Morgan fingerprint density at radius 2 is 1.73 bits per heavy atom. The molecule has 0 aliphatic heterocycles. The van der Waals surface area contributed by atoms with Gasteiger partial charge in [-0.15, -0.1) is 11.8 Å². The van der Waals surface area contributed by atoms with Gasteiger partial charge in [0, 0.05) is 45.8 Å². The zero-order valence-corrected chi connectivity index (χ0v) is 19.7. The summed E-state index contributed by atoms with van der Waals surface area (Å²) in [7, 11) is 0. The normalized spacial score (nSPS) is 11.7. The van der Waals surface area contributed by atoms with Crippen molar-refractivity contribution in [1.29, 1.82) is 0 Å². The molecule has 0 radical (unpaired) electrons. The molecule has 7 heteroatoms. The van der Waals surface area contributed by atoms with Gasteiger partial charge in [0.2, 0.25) is 11.8 Å². The van der Waals surface area contributed by atoms with Gasteiger partial charge in [0.05, 0.1) is 0 Å². The summed E-state index contributed by atoms with van der Waals surface area (Å²) in [6, 6.07) is 14.5. The van der Waals surface area contributed by atoms with Crippen LogP contribution in [0.1, 0.15) is 38.7 Å². The average Bonchev–Trinajstić information content (AvgIpc) is 2.74. The largest absolute Gasteiger partial charge is 0.354 e. The van der Waals surface area contributed by atoms with Crippen LogP contribution in [0, 0.1) is 0 Å². The molecule has 0 heterocycles. The first-order valence-electron chi connectivity index (χ1n) is 10.1. The fourth-order valence-electron chi connectivity index (χ4n) is 2.89. The highest BCUT2D eigenvalue weighted by molar-refractivity contribution is 7.99. The number of rotatable bonds is 11. The summed E-state index contributed by atoms with van der Waals surface area (Å²) >= 11 is 14.3. The Bertz CT molecular complexity index is 813. The Balaban J connectivity index is 2.10. The molecule has 0 saturated heterocycles. The summed E-state index contributed by atoms with van der Waals surface area (Å²) in [4.78, 5) is 28.4. The van der Waals surface area contributed by atoms with Crippen molar-refractivity contribution in [2.45, 2.75) is 50.6 Å². The predicted octanol–water partition coefficient (Wildman–Crippen LogP) is 5.81. The molecule has 2 amide bonds. The van der Waals surface area contributed by atoms with Crippen LogP contribution in [-0.4, -0.2) is 35.1 Å². The lowest BCUT2D eigenvalue weighted by atomic mass is 10.1. The van der Waals surface area contributed by atoms with Crippen LogP contribution in [-0.2, 0) is 16.1 Å². The smallest absolute Gasteiger partial charge is 0.242 e. The number of halogens is 2. The van der Waals surface area contributed by atoms with Gasteiger partial charge in [-0.1, -0.05) is 60.8 Å². The molecule has 0 spiro atoms. The highest BCUT2D eigenvalue weighted by Crippen LogP contribution is 2.27. The molecule has 0 unspecified atom stereocenters. The van der Waals surface area contributed by atoms with Crippen molar-refractivity contribution in [3.05, 3.63) is 64.1 Å². The molecule has 2 rings (SSSR count). The van der Waals surface area contributed by atoms with E-state index in [0.29, 0.717) is 34.3 Å². The molecule has 2 aromatic rings. The van der Waals surface area contributed by atoms with Crippen molar-refractivity contribution in [1.82, 2.24) is 10.2 Å². The van der Waals surface area contributed by atoms with Crippen molar-refractivity contribution in [2.24, 2.45) is 0 Å². The molecule has 162 valence electrons. The number of nitrogens with one attached hydrogen (secondary N) is 1. The Morgan fingerprint density at radius 3 is 2.37 bits per heavy atom. The Labute approximate surface area is 193 Å². The van der Waals surface area contributed by atoms with E-state index in [0.717, 1.165) is 17.7 Å². The van der Waals surface area contributed by atoms with E-state index in [9.17, 15) is 9.59 Å². The highest BCUT2D eigenvalue weighted by atomic mass is 35.5. The molecule has 0 saturated carbocycles. The number of carbonyl (C=O) groups is 2. The molecule has 0 bridgehead atoms. The van der Waals surface area contributed by atoms with E-state index in [4.69, 9.17) is 23.2 Å². The zero-order valence-electron chi connectivity index (χ0n) is 17.4. The Kier molecular flexibility index (Phi) is 10.6. The zero-order chi connectivity index (χ0) is 21.9. The van der Waals surface area contributed by atoms with E-state index in [1.54, 1.807) is 41.8 Å². The molecule has 1 N–H and O–H groups in total. The molecular formula is C23H28Cl2N2O2S. The van der Waals surface area contributed by atoms with Crippen molar-refractivity contribution in [3.63, 3.8) is 0 Å². The first-order chi connectivity index (χ1) is 14.4. The number of hydrogen-bond donors (Lipinski definition) is 1. The third kappa shape index (κ3) is 7.53. The van der Waals surface area contributed by atoms with Crippen LogP contribution in [0.25, 0.3) is 0 Å². The van der Waals surface area contributed by atoms with Gasteiger partial charge in [0.15, 0.2) is 0 Å². The molecular weight excluding hydrogens is 439 g/mol. The molecule has 4 nitrogen and oxygen atoms in total. The van der Waals surface area contributed by atoms with Gasteiger partial charge in [-0.25, -0.2) is 0 Å². The van der Waals surface area contributed by atoms with E-state index in [2.05, 4.69) is 12.2 Å². The molecule has 30 heavy (non-hydrogen) atoms. The summed E-state index contributed by atoms with van der Waals surface area (Å²) in [5.74, 6) is 0.350. The lowest BCUT2D eigenvalue weighted by Gasteiger charge is -2.29. The fraction of sp³-hybridized carbons (Fsp3) is 0.391. The van der Waals surface area contributed by atoms with Crippen molar-refractivity contribution >= 4 is 46.8 Å². The van der Waals surface area contributed by atoms with Crippen LogP contribution in [0.3, 0.4) is 0 Å². The Morgan fingerprint density at radius 1 is 1.07 bits per heavy atom. The SMILES string of the molecule is CCCCNC(=O)[C@H](C)N(Cc1c(Cl)cccc1Cl)C(=O)CCSc1ccccc1. The average molecular weight is 467 g/mol. The Hall–Kier alpha value is -1.69. The maximum absolute atomic E-state index is 13.1. The molecule has 0 aliphatic carbocycles. The maximum Gasteiger partial charge on any atom is 0.242 e. The first-order valence-corrected chi connectivity index (χ1v) is 11.9. The van der Waals surface area contributed by atoms with Crippen LogP contribution < -0.4 is 5.32 Å². The lowest BCUT2D eigenvalue weighted by molar-refractivity contribution is -0.140. The van der Waals surface area contributed by atoms with Gasteiger partial charge in [-0.05, 0) is 37.6 Å². The molecule has 0 aliphatic rings. The number of unbranched alkanes of at least 4 members (excludes halogenated alkanes) is 1. The quantitative estimate of drug-likeness (QED) is 0.335. The van der Waals surface area contributed by atoms with Crippen molar-refractivity contribution in [2.75, 3.05) is 12.3 Å². The summed E-state index contributed by atoms with van der Waals surface area (Å²) < 4.78 is 0. The van der Waals surface area contributed by atoms with Crippen molar-refractivity contribution < 1.29 is 9.59 Å². The topological polar surface area (TPSA) is 49.4 Å². The second-order valence-corrected chi connectivity index (χ2v) is 8.94. The minimum Gasteiger partial charge on any atom is -0.354 e. The van der Waals surface area contributed by atoms with E-state index < -0.39 is 6.04 Å². The second-order valence-electron chi connectivity index (χ2n) is 6.95. The monoisotopic (exact) mass is 466 g/mol. The van der Waals surface area contributed by atoms with Gasteiger partial charge < -0.3 is 10.2 Å². The summed E-state index contributed by atoms with van der Waals surface area (Å²) in [5.41, 5.74) is 0.651. The van der Waals surface area contributed by atoms with E-state index in [1.807, 2.05) is 30.3 Å². The molecule has 2 aromatic carbocycles. The van der Waals surface area contributed by atoms with Crippen molar-refractivity contribution in [3.8, 4) is 0 Å². The van der Waals surface area contributed by atoms with Gasteiger partial charge in [0.1, 0.15) is 6.04 Å². The van der Waals surface area contributed by atoms with Gasteiger partial charge in [-0.3, -0.25) is 9.59 Å². The van der Waals surface area contributed by atoms with Crippen LogP contribution >= 0.6 is 35.0 Å². The highest BCUT2D eigenvalue weighted by Gasteiger charge is 2.27. The van der Waals surface area contributed by atoms with E-state index in [1.165, 1.54) is 0 Å². The van der Waals surface area contributed by atoms with Crippen LogP contribution in [0.5, 0.6) is 0 Å². The van der Waals surface area contributed by atoms with Gasteiger partial charge >= 0.3 is 0 Å². The van der Waals surface area contributed by atoms with Crippen LogP contribution in [0.2, 0.25) is 10.0 Å². The number of thioether (sulfide) groups is 1. The van der Waals surface area contributed by atoms with Crippen LogP contribution in [0.15, 0.2) is 53.4 Å². The number of hydrogen-bond acceptors (Lipinski definition) is 3. The van der Waals surface area contributed by atoms with Gasteiger partial charge in [0.25, 0.3) is 0 Å². The summed E-state index contributed by atoms with van der Waals surface area (Å²) in [6.07, 6.45) is 2.20. The molecule has 0 aromatic heterocycles. The number of carbonyl (C=O) groups excluding carboxylic acids is 2. The van der Waals surface area contributed by atoms with E-state index >= 15 is 0 Å². The predicted molar refractivity (Wildman–Crippen MR) is 126 cm³/mol. The first kappa shape index (κ1) is 24.6. The fourth-order valence-corrected chi connectivity index (χ4v) is 4.27. The number of nitrogens with zero attached hydrogens (tertiary/aromatic N) is 1. The lowest BCUT2D eigenvalue weighted by Crippen LogP contribution is -2.48. The number of amides is 2. The third-order valence-electron chi connectivity index (χ3n) is 4.71. The van der Waals surface area contributed by atoms with Crippen LogP contribution in [0.4, 0.5) is 0 Å². The summed E-state index contributed by atoms with van der Waals surface area (Å²) in [6.45, 7) is 4.59. The molecule has 0 fully saturated rings. The minimum atomic E-state index is -0.622. The molecule has 1 atom stereocenters.